The van der Waals surface area contributed by atoms with Crippen LogP contribution in [0.4, 0.5) is 5.69 Å². The van der Waals surface area contributed by atoms with Crippen LogP contribution in [0.1, 0.15) is 6.92 Å². The van der Waals surface area contributed by atoms with Crippen LogP contribution in [-0.2, 0) is 5.21 Å². The molecule has 1 unspecified atom stereocenters. The van der Waals surface area contributed by atoms with Gasteiger partial charge in [-0.2, -0.15) is 0 Å². The monoisotopic (exact) mass is 166 g/mol. The molecule has 0 saturated heterocycles. The first kappa shape index (κ1) is 9.03. The summed E-state index contributed by atoms with van der Waals surface area (Å²) in [5.74, 6) is 0. The summed E-state index contributed by atoms with van der Waals surface area (Å²) in [7, 11) is 0. The van der Waals surface area contributed by atoms with Crippen LogP contribution in [-0.4, -0.2) is 17.8 Å². The molecule has 0 saturated carbocycles. The molecule has 0 aliphatic carbocycles. The van der Waals surface area contributed by atoms with Crippen molar-refractivity contribution in [1.29, 1.82) is 0 Å². The van der Waals surface area contributed by atoms with Crippen LogP contribution in [0.15, 0.2) is 30.3 Å². The number of nitrogens with zero attached hydrogens (tertiary/aromatic N) is 1. The summed E-state index contributed by atoms with van der Waals surface area (Å²) in [6.07, 6.45) is 0. The van der Waals surface area contributed by atoms with Crippen molar-refractivity contribution in [1.82, 2.24) is 0 Å². The summed E-state index contributed by atoms with van der Waals surface area (Å²) in [4.78, 5) is 0. The van der Waals surface area contributed by atoms with E-state index in [0.717, 1.165) is 5.06 Å². The molecule has 3 nitrogen and oxygen atoms in total. The molecule has 3 heteroatoms. The largest absolute Gasteiger partial charge is 0.394 e. The fraction of sp³-hybridized carbons (Fsp3) is 0.333. The first-order valence-corrected chi connectivity index (χ1v) is 3.88. The highest BCUT2D eigenvalue weighted by Gasteiger charge is 2.11. The van der Waals surface area contributed by atoms with Gasteiger partial charge in [-0.15, -0.1) is 0 Å². The molecule has 0 fully saturated rings. The highest BCUT2D eigenvalue weighted by molar-refractivity contribution is 5.43. The van der Waals surface area contributed by atoms with Gasteiger partial charge >= 0.3 is 0 Å². The first-order valence-electron chi connectivity index (χ1n) is 3.88. The van der Waals surface area contributed by atoms with E-state index >= 15 is 0 Å². The van der Waals surface area contributed by atoms with Crippen molar-refractivity contribution >= 4 is 5.69 Å². The van der Waals surface area contributed by atoms with Gasteiger partial charge in [0.1, 0.15) is 0 Å². The van der Waals surface area contributed by atoms with Crippen LogP contribution < -0.4 is 5.06 Å². The van der Waals surface area contributed by atoms with Gasteiger partial charge in [-0.25, -0.2) is 5.06 Å². The molecule has 12 heavy (non-hydrogen) atoms. The van der Waals surface area contributed by atoms with Crippen molar-refractivity contribution in [3.05, 3.63) is 30.3 Å². The maximum absolute atomic E-state index is 11.3. The van der Waals surface area contributed by atoms with Gasteiger partial charge in [0.2, 0.25) is 0 Å². The molecule has 0 heterocycles. The molecule has 1 aromatic carbocycles. The summed E-state index contributed by atoms with van der Waals surface area (Å²) in [6, 6.07) is 8.50. The number of benzene rings is 1. The number of hydroxylamine groups is 1. The predicted octanol–water partition coefficient (Wildman–Crippen LogP) is 1.22. The summed E-state index contributed by atoms with van der Waals surface area (Å²) in [6.45, 7) is 1.55. The van der Waals surface area contributed by atoms with Gasteiger partial charge in [0.25, 0.3) is 0 Å². The van der Waals surface area contributed by atoms with E-state index in [9.17, 15) is 5.21 Å². The van der Waals surface area contributed by atoms with Crippen LogP contribution in [0.5, 0.6) is 0 Å². The number of aliphatic hydroxyl groups excluding tert-OH is 1. The van der Waals surface area contributed by atoms with E-state index < -0.39 is 0 Å². The predicted molar refractivity (Wildman–Crippen MR) is 46.2 cm³/mol. The molecule has 0 spiro atoms. The molecule has 1 rings (SSSR count). The Morgan fingerprint density at radius 3 is 2.50 bits per heavy atom. The molecule has 0 amide bonds. The lowest BCUT2D eigenvalue weighted by molar-refractivity contribution is 0.106. The van der Waals surface area contributed by atoms with Crippen LogP contribution in [0.3, 0.4) is 0 Å². The Morgan fingerprint density at radius 1 is 1.42 bits per heavy atom. The average Bonchev–Trinajstić information content (AvgIpc) is 2.17. The van der Waals surface area contributed by atoms with Crippen molar-refractivity contribution in [2.24, 2.45) is 0 Å². The van der Waals surface area contributed by atoms with Crippen LogP contribution >= 0.6 is 0 Å². The van der Waals surface area contributed by atoms with Crippen molar-refractivity contribution in [2.45, 2.75) is 13.0 Å². The molecule has 0 aliphatic heterocycles. The van der Waals surface area contributed by atoms with E-state index in [1.165, 1.54) is 0 Å². The van der Waals surface area contributed by atoms with E-state index in [1.54, 1.807) is 31.2 Å². The molecule has 1 radical (unpaired) electrons. The quantitative estimate of drug-likeness (QED) is 0.686. The fourth-order valence-electron chi connectivity index (χ4n) is 0.904. The van der Waals surface area contributed by atoms with E-state index in [4.69, 9.17) is 5.11 Å². The lowest BCUT2D eigenvalue weighted by Gasteiger charge is -2.19. The molecular weight excluding hydrogens is 154 g/mol. The molecule has 0 aromatic heterocycles. The summed E-state index contributed by atoms with van der Waals surface area (Å²) >= 11 is 0. The third-order valence-corrected chi connectivity index (χ3v) is 1.68. The second kappa shape index (κ2) is 4.09. The van der Waals surface area contributed by atoms with E-state index in [-0.39, 0.29) is 12.6 Å². The van der Waals surface area contributed by atoms with Gasteiger partial charge in [-0.05, 0) is 19.1 Å². The third-order valence-electron chi connectivity index (χ3n) is 1.68. The Labute approximate surface area is 71.8 Å². The molecular formula is C9H12NO2. The maximum atomic E-state index is 11.3. The second-order valence-electron chi connectivity index (χ2n) is 2.69. The molecule has 0 bridgehead atoms. The first-order chi connectivity index (χ1) is 5.75. The molecule has 1 N–H and O–H groups in total. The molecule has 1 aromatic rings. The summed E-state index contributed by atoms with van der Waals surface area (Å²) < 4.78 is 0. The highest BCUT2D eigenvalue weighted by Crippen LogP contribution is 2.13. The fourth-order valence-corrected chi connectivity index (χ4v) is 0.904. The highest BCUT2D eigenvalue weighted by atomic mass is 16.5. The molecule has 65 valence electrons. The molecule has 0 aliphatic rings. The van der Waals surface area contributed by atoms with Crippen molar-refractivity contribution < 1.29 is 10.3 Å². The summed E-state index contributed by atoms with van der Waals surface area (Å²) in [5, 5.41) is 20.9. The van der Waals surface area contributed by atoms with Gasteiger partial charge in [0.05, 0.1) is 18.3 Å². The topological polar surface area (TPSA) is 43.4 Å². The zero-order valence-corrected chi connectivity index (χ0v) is 6.97. The van der Waals surface area contributed by atoms with Crippen LogP contribution in [0, 0.1) is 0 Å². The van der Waals surface area contributed by atoms with E-state index in [1.807, 2.05) is 6.07 Å². The zero-order chi connectivity index (χ0) is 8.97. The van der Waals surface area contributed by atoms with Crippen molar-refractivity contribution in [2.75, 3.05) is 11.7 Å². The van der Waals surface area contributed by atoms with Crippen LogP contribution in [0.25, 0.3) is 0 Å². The lowest BCUT2D eigenvalue weighted by Crippen LogP contribution is -2.30. The number of hydrogen-bond donors (Lipinski definition) is 1. The van der Waals surface area contributed by atoms with Crippen molar-refractivity contribution in [3.63, 3.8) is 0 Å². The third kappa shape index (κ3) is 1.96. The second-order valence-corrected chi connectivity index (χ2v) is 2.69. The lowest BCUT2D eigenvalue weighted by atomic mass is 10.2. The normalized spacial score (nSPS) is 12.6. The van der Waals surface area contributed by atoms with E-state index in [0.29, 0.717) is 5.69 Å². The number of hydrogen-bond acceptors (Lipinski definition) is 2. The Kier molecular flexibility index (Phi) is 3.08. The van der Waals surface area contributed by atoms with Crippen LogP contribution in [0.2, 0.25) is 0 Å². The van der Waals surface area contributed by atoms with Crippen molar-refractivity contribution in [3.8, 4) is 0 Å². The smallest absolute Gasteiger partial charge is 0.0799 e. The number of rotatable bonds is 3. The molecule has 1 atom stereocenters. The minimum absolute atomic E-state index is 0.127. The standard InChI is InChI=1S/C9H12NO2/c1-8(7-11)10(12)9-5-3-2-4-6-9/h2-6,8,11H,7H2,1H3. The van der Waals surface area contributed by atoms with Gasteiger partial charge in [0, 0.05) is 0 Å². The minimum Gasteiger partial charge on any atom is -0.394 e. The van der Waals surface area contributed by atoms with Gasteiger partial charge in [0.15, 0.2) is 0 Å². The van der Waals surface area contributed by atoms with Gasteiger partial charge in [-0.1, -0.05) is 23.4 Å². The maximum Gasteiger partial charge on any atom is 0.0799 e. The SMILES string of the molecule is CC(CO)N([O])c1ccccc1. The number of para-hydroxylation sites is 1. The van der Waals surface area contributed by atoms with E-state index in [2.05, 4.69) is 0 Å². The van der Waals surface area contributed by atoms with Gasteiger partial charge in [-0.3, -0.25) is 0 Å². The number of aliphatic hydroxyl groups is 1. The Bertz CT molecular complexity index is 225. The minimum atomic E-state index is -0.382. The Morgan fingerprint density at radius 2 is 2.00 bits per heavy atom. The Hall–Kier alpha value is -1.06. The van der Waals surface area contributed by atoms with Gasteiger partial charge < -0.3 is 5.11 Å². The zero-order valence-electron chi connectivity index (χ0n) is 6.97. The number of anilines is 1. The average molecular weight is 166 g/mol. The Balaban J connectivity index is 2.71. The summed E-state index contributed by atoms with van der Waals surface area (Å²) in [5.41, 5.74) is 0.582.